The van der Waals surface area contributed by atoms with Crippen molar-refractivity contribution in [2.24, 2.45) is 17.3 Å². The van der Waals surface area contributed by atoms with Gasteiger partial charge in [-0.15, -0.1) is 5.10 Å². The molecule has 0 spiro atoms. The molecule has 28 heavy (non-hydrogen) atoms. The Morgan fingerprint density at radius 2 is 1.54 bits per heavy atom. The Labute approximate surface area is 170 Å². The van der Waals surface area contributed by atoms with Crippen LogP contribution in [0.15, 0.2) is 46.6 Å². The zero-order chi connectivity index (χ0) is 20.7. The van der Waals surface area contributed by atoms with Gasteiger partial charge in [-0.05, 0) is 40.7 Å². The van der Waals surface area contributed by atoms with Gasteiger partial charge in [-0.25, -0.2) is 0 Å². The molecule has 4 nitrogen and oxygen atoms in total. The van der Waals surface area contributed by atoms with Crippen LogP contribution in [0.4, 0.5) is 0 Å². The maximum absolute atomic E-state index is 10.8. The van der Waals surface area contributed by atoms with E-state index < -0.39 is 0 Å². The number of benzene rings is 2. The van der Waals surface area contributed by atoms with Crippen molar-refractivity contribution < 1.29 is 5.11 Å². The predicted octanol–water partition coefficient (Wildman–Crippen LogP) is 5.48. The van der Waals surface area contributed by atoms with E-state index in [-0.39, 0.29) is 10.8 Å². The van der Waals surface area contributed by atoms with E-state index in [1.807, 2.05) is 31.3 Å². The monoisotopic (exact) mass is 395 g/mol. The van der Waals surface area contributed by atoms with Gasteiger partial charge in [-0.3, -0.25) is 0 Å². The second-order valence-electron chi connectivity index (χ2n) is 9.22. The first-order chi connectivity index (χ1) is 13.0. The van der Waals surface area contributed by atoms with Gasteiger partial charge in [-0.2, -0.15) is 5.10 Å². The number of hydrogen-bond acceptors (Lipinski definition) is 4. The molecule has 0 aliphatic heterocycles. The molecule has 2 aromatic carbocycles. The Balaban J connectivity index is 2.07. The average Bonchev–Trinajstić information content (AvgIpc) is 2.90. The smallest absolute Gasteiger partial charge is 0.211 e. The summed E-state index contributed by atoms with van der Waals surface area (Å²) < 4.78 is 3.24. The molecule has 0 fully saturated rings. The highest BCUT2D eigenvalue weighted by Crippen LogP contribution is 2.39. The molecule has 1 N–H and O–H groups in total. The summed E-state index contributed by atoms with van der Waals surface area (Å²) in [5.41, 5.74) is 3.62. The summed E-state index contributed by atoms with van der Waals surface area (Å²) in [6.45, 7) is 12.6. The normalized spacial score (nSPS) is 13.8. The van der Waals surface area contributed by atoms with Crippen LogP contribution in [0.3, 0.4) is 0 Å². The molecule has 3 rings (SSSR count). The highest BCUT2D eigenvalue weighted by molar-refractivity contribution is 7.16. The fourth-order valence-electron chi connectivity index (χ4n) is 3.20. The number of thiazole rings is 1. The number of rotatable bonds is 2. The van der Waals surface area contributed by atoms with Gasteiger partial charge in [0.25, 0.3) is 0 Å². The first-order valence-corrected chi connectivity index (χ1v) is 10.3. The molecule has 148 valence electrons. The SMILES string of the molecule is Cn1/c(=N/N=C/c2cc(C(C)(C)C)c(O)c(C(C)(C)C)c2)sc2ccccc21. The molecule has 0 saturated carbocycles. The number of phenolic OH excluding ortho intramolecular Hbond substituents is 1. The Hall–Kier alpha value is -2.40. The van der Waals surface area contributed by atoms with E-state index in [2.05, 4.69) is 68.4 Å². The van der Waals surface area contributed by atoms with Crippen LogP contribution < -0.4 is 4.80 Å². The molecule has 0 radical (unpaired) electrons. The number of fused-ring (bicyclic) bond motifs is 1. The number of aryl methyl sites for hydroxylation is 1. The molecule has 1 heterocycles. The lowest BCUT2D eigenvalue weighted by Gasteiger charge is -2.27. The molecule has 0 amide bonds. The third kappa shape index (κ3) is 4.04. The predicted molar refractivity (Wildman–Crippen MR) is 119 cm³/mol. The number of para-hydroxylation sites is 1. The van der Waals surface area contributed by atoms with Gasteiger partial charge in [0, 0.05) is 18.2 Å². The van der Waals surface area contributed by atoms with Crippen molar-refractivity contribution >= 4 is 27.8 Å². The van der Waals surface area contributed by atoms with Gasteiger partial charge in [0.15, 0.2) is 0 Å². The Morgan fingerprint density at radius 1 is 0.964 bits per heavy atom. The zero-order valence-corrected chi connectivity index (χ0v) is 18.6. The van der Waals surface area contributed by atoms with Gasteiger partial charge >= 0.3 is 0 Å². The largest absolute Gasteiger partial charge is 0.507 e. The van der Waals surface area contributed by atoms with Crippen molar-refractivity contribution in [3.05, 3.63) is 57.9 Å². The molecule has 1 aromatic heterocycles. The number of aromatic hydroxyl groups is 1. The van der Waals surface area contributed by atoms with E-state index in [4.69, 9.17) is 0 Å². The molecule has 5 heteroatoms. The van der Waals surface area contributed by atoms with Crippen LogP contribution >= 0.6 is 11.3 Å². The molecule has 0 atom stereocenters. The summed E-state index contributed by atoms with van der Waals surface area (Å²) in [6, 6.07) is 12.3. The van der Waals surface area contributed by atoms with Gasteiger partial charge in [-0.1, -0.05) is 65.0 Å². The van der Waals surface area contributed by atoms with E-state index >= 15 is 0 Å². The fraction of sp³-hybridized carbons (Fsp3) is 0.391. The minimum absolute atomic E-state index is 0.164. The Morgan fingerprint density at radius 3 is 2.07 bits per heavy atom. The summed E-state index contributed by atoms with van der Waals surface area (Å²) >= 11 is 1.62. The van der Waals surface area contributed by atoms with Crippen LogP contribution in [0.5, 0.6) is 5.75 Å². The minimum atomic E-state index is -0.164. The number of aromatic nitrogens is 1. The lowest BCUT2D eigenvalue weighted by molar-refractivity contribution is 0.423. The van der Waals surface area contributed by atoms with Crippen molar-refractivity contribution in [2.75, 3.05) is 0 Å². The average molecular weight is 396 g/mol. The molecular weight excluding hydrogens is 366 g/mol. The van der Waals surface area contributed by atoms with Crippen molar-refractivity contribution in [3.63, 3.8) is 0 Å². The first kappa shape index (κ1) is 20.3. The minimum Gasteiger partial charge on any atom is -0.507 e. The van der Waals surface area contributed by atoms with Crippen molar-refractivity contribution in [1.29, 1.82) is 0 Å². The van der Waals surface area contributed by atoms with E-state index in [0.29, 0.717) is 5.75 Å². The Kier molecular flexibility index (Phi) is 5.24. The summed E-state index contributed by atoms with van der Waals surface area (Å²) in [4.78, 5) is 0.850. The summed E-state index contributed by atoms with van der Waals surface area (Å²) in [6.07, 6.45) is 1.77. The van der Waals surface area contributed by atoms with Crippen LogP contribution in [0.25, 0.3) is 10.2 Å². The first-order valence-electron chi connectivity index (χ1n) is 9.48. The second kappa shape index (κ2) is 7.21. The molecular formula is C23H29N3OS. The lowest BCUT2D eigenvalue weighted by atomic mass is 9.78. The van der Waals surface area contributed by atoms with Crippen LogP contribution in [0.1, 0.15) is 58.2 Å². The highest BCUT2D eigenvalue weighted by atomic mass is 32.1. The number of hydrogen-bond donors (Lipinski definition) is 1. The summed E-state index contributed by atoms with van der Waals surface area (Å²) in [7, 11) is 2.00. The maximum Gasteiger partial charge on any atom is 0.211 e. The molecule has 3 aromatic rings. The molecule has 0 aliphatic rings. The van der Waals surface area contributed by atoms with Crippen molar-refractivity contribution in [1.82, 2.24) is 4.57 Å². The molecule has 0 bridgehead atoms. The van der Waals surface area contributed by atoms with Gasteiger partial charge < -0.3 is 9.67 Å². The van der Waals surface area contributed by atoms with Gasteiger partial charge in [0.05, 0.1) is 16.4 Å². The molecule has 0 unspecified atom stereocenters. The van der Waals surface area contributed by atoms with Gasteiger partial charge in [0.2, 0.25) is 4.80 Å². The van der Waals surface area contributed by atoms with Crippen LogP contribution in [0.2, 0.25) is 0 Å². The third-order valence-corrected chi connectivity index (χ3v) is 5.92. The van der Waals surface area contributed by atoms with Crippen molar-refractivity contribution in [3.8, 4) is 5.75 Å². The van der Waals surface area contributed by atoms with Crippen LogP contribution in [-0.4, -0.2) is 15.9 Å². The van der Waals surface area contributed by atoms with Gasteiger partial charge in [0.1, 0.15) is 5.75 Å². The van der Waals surface area contributed by atoms with Crippen molar-refractivity contribution in [2.45, 2.75) is 52.4 Å². The second-order valence-corrected chi connectivity index (χ2v) is 10.2. The Bertz CT molecular complexity index is 1070. The van der Waals surface area contributed by atoms with E-state index in [1.54, 1.807) is 17.6 Å². The molecule has 0 aliphatic carbocycles. The summed E-state index contributed by atoms with van der Waals surface area (Å²) in [5, 5.41) is 19.6. The fourth-order valence-corrected chi connectivity index (χ4v) is 4.17. The highest BCUT2D eigenvalue weighted by Gasteiger charge is 2.26. The molecule has 0 saturated heterocycles. The third-order valence-electron chi connectivity index (χ3n) is 4.81. The quantitative estimate of drug-likeness (QED) is 0.454. The van der Waals surface area contributed by atoms with Crippen LogP contribution in [-0.2, 0) is 17.9 Å². The maximum atomic E-state index is 10.8. The topological polar surface area (TPSA) is 49.9 Å². The number of phenols is 1. The standard InChI is InChI=1S/C23H29N3OS/c1-22(2,3)16-12-15(13-17(20(16)27)23(4,5)6)14-24-25-21-26(7)18-10-8-9-11-19(18)28-21/h8-14,27H,1-7H3/b24-14+,25-21-. The van der Waals surface area contributed by atoms with E-state index in [1.165, 1.54) is 4.70 Å². The zero-order valence-electron chi connectivity index (χ0n) is 17.7. The summed E-state index contributed by atoms with van der Waals surface area (Å²) in [5.74, 6) is 0.380. The number of nitrogens with zero attached hydrogens (tertiary/aromatic N) is 3. The lowest BCUT2D eigenvalue weighted by Crippen LogP contribution is -2.17. The van der Waals surface area contributed by atoms with E-state index in [9.17, 15) is 5.11 Å². The van der Waals surface area contributed by atoms with E-state index in [0.717, 1.165) is 27.0 Å². The van der Waals surface area contributed by atoms with Crippen LogP contribution in [0, 0.1) is 0 Å².